The highest BCUT2D eigenvalue weighted by Crippen LogP contribution is 2.27. The Kier molecular flexibility index (Phi) is 6.31. The molecule has 0 aliphatic heterocycles. The minimum absolute atomic E-state index is 0.0253. The lowest BCUT2D eigenvalue weighted by atomic mass is 10.1. The van der Waals surface area contributed by atoms with Gasteiger partial charge in [0.1, 0.15) is 5.82 Å². The van der Waals surface area contributed by atoms with Gasteiger partial charge in [-0.1, -0.05) is 17.7 Å². The van der Waals surface area contributed by atoms with Crippen molar-refractivity contribution in [2.75, 3.05) is 10.2 Å². The highest BCUT2D eigenvalue weighted by Gasteiger charge is 2.19. The van der Waals surface area contributed by atoms with Gasteiger partial charge in [-0.15, -0.1) is 5.10 Å². The number of hydrogen-bond acceptors (Lipinski definition) is 4. The molecule has 0 bridgehead atoms. The van der Waals surface area contributed by atoms with Crippen molar-refractivity contribution in [2.24, 2.45) is 0 Å². The monoisotopic (exact) mass is 434 g/mol. The summed E-state index contributed by atoms with van der Waals surface area (Å²) in [5, 5.41) is 10.2. The van der Waals surface area contributed by atoms with Gasteiger partial charge in [0, 0.05) is 29.6 Å². The van der Waals surface area contributed by atoms with Gasteiger partial charge in [-0.2, -0.15) is 5.10 Å². The average Bonchev–Trinajstić information content (AvgIpc) is 2.68. The van der Waals surface area contributed by atoms with Crippen molar-refractivity contribution in [3.63, 3.8) is 0 Å². The van der Waals surface area contributed by atoms with E-state index in [0.29, 0.717) is 0 Å². The minimum atomic E-state index is -1.14. The van der Waals surface area contributed by atoms with Gasteiger partial charge in [-0.3, -0.25) is 14.5 Å². The van der Waals surface area contributed by atoms with Crippen LogP contribution in [0.1, 0.15) is 12.5 Å². The summed E-state index contributed by atoms with van der Waals surface area (Å²) < 4.78 is 40.7. The molecule has 30 heavy (non-hydrogen) atoms. The SMILES string of the molecule is CC(=O)N(c1ccc(F)c(F)c1)c1cc(NC(=O)Cc2c(F)cccc2Cl)cnn1. The van der Waals surface area contributed by atoms with Gasteiger partial charge < -0.3 is 5.32 Å². The Bertz CT molecular complexity index is 1110. The molecule has 10 heteroatoms. The molecule has 154 valence electrons. The summed E-state index contributed by atoms with van der Waals surface area (Å²) in [6, 6.07) is 8.30. The second-order valence-corrected chi connectivity index (χ2v) is 6.59. The van der Waals surface area contributed by atoms with Crippen molar-refractivity contribution in [3.8, 4) is 0 Å². The van der Waals surface area contributed by atoms with Gasteiger partial charge in [-0.05, 0) is 24.3 Å². The molecule has 1 N–H and O–H groups in total. The van der Waals surface area contributed by atoms with Gasteiger partial charge in [0.05, 0.1) is 24.0 Å². The predicted molar refractivity (Wildman–Crippen MR) is 105 cm³/mol. The van der Waals surface area contributed by atoms with Gasteiger partial charge in [0.2, 0.25) is 11.8 Å². The lowest BCUT2D eigenvalue weighted by Gasteiger charge is -2.20. The van der Waals surface area contributed by atoms with Crippen molar-refractivity contribution < 1.29 is 22.8 Å². The third-order valence-electron chi connectivity index (χ3n) is 4.03. The number of carbonyl (C=O) groups is 2. The molecule has 0 aliphatic rings. The van der Waals surface area contributed by atoms with E-state index in [1.807, 2.05) is 0 Å². The minimum Gasteiger partial charge on any atom is -0.324 e. The molecule has 1 heterocycles. The summed E-state index contributed by atoms with van der Waals surface area (Å²) in [6.07, 6.45) is 0.886. The van der Waals surface area contributed by atoms with Crippen LogP contribution in [-0.2, 0) is 16.0 Å². The first-order chi connectivity index (χ1) is 14.3. The predicted octanol–water partition coefficient (Wildman–Crippen LogP) is 4.41. The fraction of sp³-hybridized carbons (Fsp3) is 0.100. The van der Waals surface area contributed by atoms with Crippen molar-refractivity contribution in [1.29, 1.82) is 0 Å². The molecule has 3 aromatic rings. The first kappa shape index (κ1) is 21.3. The maximum atomic E-state index is 13.9. The Balaban J connectivity index is 1.84. The summed E-state index contributed by atoms with van der Waals surface area (Å²) in [4.78, 5) is 25.4. The Hall–Kier alpha value is -3.46. The number of hydrogen-bond donors (Lipinski definition) is 1. The Morgan fingerprint density at radius 3 is 2.50 bits per heavy atom. The molecule has 0 saturated heterocycles. The van der Waals surface area contributed by atoms with Crippen molar-refractivity contribution in [2.45, 2.75) is 13.3 Å². The Morgan fingerprint density at radius 2 is 1.83 bits per heavy atom. The number of rotatable bonds is 5. The van der Waals surface area contributed by atoms with Crippen molar-refractivity contribution in [3.05, 3.63) is 76.7 Å². The second kappa shape index (κ2) is 8.91. The zero-order valence-corrected chi connectivity index (χ0v) is 16.3. The van der Waals surface area contributed by atoms with E-state index in [1.54, 1.807) is 0 Å². The Labute approximate surface area is 174 Å². The van der Waals surface area contributed by atoms with Gasteiger partial charge in [-0.25, -0.2) is 13.2 Å². The van der Waals surface area contributed by atoms with Crippen LogP contribution in [0.2, 0.25) is 5.02 Å². The molecule has 0 spiro atoms. The second-order valence-electron chi connectivity index (χ2n) is 6.18. The lowest BCUT2D eigenvalue weighted by Crippen LogP contribution is -2.24. The highest BCUT2D eigenvalue weighted by molar-refractivity contribution is 6.31. The summed E-state index contributed by atoms with van der Waals surface area (Å²) in [6.45, 7) is 1.20. The largest absolute Gasteiger partial charge is 0.324 e. The zero-order valence-electron chi connectivity index (χ0n) is 15.5. The van der Waals surface area contributed by atoms with Crippen LogP contribution >= 0.6 is 11.6 Å². The van der Waals surface area contributed by atoms with Gasteiger partial charge >= 0.3 is 0 Å². The normalized spacial score (nSPS) is 10.6. The maximum Gasteiger partial charge on any atom is 0.229 e. The molecule has 2 aromatic carbocycles. The van der Waals surface area contributed by atoms with Crippen LogP contribution in [0.25, 0.3) is 0 Å². The number of nitrogens with zero attached hydrogens (tertiary/aromatic N) is 3. The molecule has 0 unspecified atom stereocenters. The van der Waals surface area contributed by atoms with Crippen LogP contribution < -0.4 is 10.2 Å². The number of nitrogens with one attached hydrogen (secondary N) is 1. The fourth-order valence-electron chi connectivity index (χ4n) is 2.70. The summed E-state index contributed by atoms with van der Waals surface area (Å²) in [7, 11) is 0. The molecule has 0 atom stereocenters. The van der Waals surface area contributed by atoms with Crippen LogP contribution in [0.4, 0.5) is 30.4 Å². The standard InChI is InChI=1S/C20H14ClF3N4O2/c1-11(29)28(13-5-6-17(23)18(24)8-13)19-7-12(10-25-27-19)26-20(30)9-14-15(21)3-2-4-16(14)22/h2-8,10H,9H2,1H3,(H,26,27,30). The summed E-state index contributed by atoms with van der Waals surface area (Å²) >= 11 is 5.93. The topological polar surface area (TPSA) is 75.2 Å². The van der Waals surface area contributed by atoms with Gasteiger partial charge in [0.25, 0.3) is 0 Å². The highest BCUT2D eigenvalue weighted by atomic mass is 35.5. The molecule has 0 fully saturated rings. The molecule has 2 amide bonds. The Morgan fingerprint density at radius 1 is 1.07 bits per heavy atom. The molecule has 3 rings (SSSR count). The number of anilines is 3. The molecular weight excluding hydrogens is 421 g/mol. The molecule has 1 aromatic heterocycles. The number of amides is 2. The van der Waals surface area contributed by atoms with Crippen LogP contribution in [0.15, 0.2) is 48.7 Å². The third-order valence-corrected chi connectivity index (χ3v) is 4.38. The van der Waals surface area contributed by atoms with Crippen LogP contribution in [0.3, 0.4) is 0 Å². The summed E-state index contributed by atoms with van der Waals surface area (Å²) in [5.74, 6) is -3.98. The van der Waals surface area contributed by atoms with E-state index in [-0.39, 0.29) is 34.2 Å². The van der Waals surface area contributed by atoms with E-state index in [2.05, 4.69) is 15.5 Å². The molecule has 6 nitrogen and oxygen atoms in total. The number of halogens is 4. The molecule has 0 saturated carbocycles. The maximum absolute atomic E-state index is 13.9. The zero-order chi connectivity index (χ0) is 21.8. The number of carbonyl (C=O) groups excluding carboxylic acids is 2. The van der Waals surface area contributed by atoms with Crippen LogP contribution in [-0.4, -0.2) is 22.0 Å². The number of aromatic nitrogens is 2. The lowest BCUT2D eigenvalue weighted by molar-refractivity contribution is -0.116. The van der Waals surface area contributed by atoms with E-state index < -0.39 is 29.3 Å². The number of benzene rings is 2. The van der Waals surface area contributed by atoms with E-state index in [9.17, 15) is 22.8 Å². The van der Waals surface area contributed by atoms with E-state index in [4.69, 9.17) is 11.6 Å². The molecule has 0 aliphatic carbocycles. The average molecular weight is 435 g/mol. The third kappa shape index (κ3) is 4.74. The fourth-order valence-corrected chi connectivity index (χ4v) is 2.93. The first-order valence-electron chi connectivity index (χ1n) is 8.57. The van der Waals surface area contributed by atoms with Gasteiger partial charge in [0.15, 0.2) is 17.5 Å². The molecular formula is C20H14ClF3N4O2. The van der Waals surface area contributed by atoms with Crippen LogP contribution in [0, 0.1) is 17.5 Å². The smallest absolute Gasteiger partial charge is 0.229 e. The van der Waals surface area contributed by atoms with Crippen LogP contribution in [0.5, 0.6) is 0 Å². The summed E-state index contributed by atoms with van der Waals surface area (Å²) in [5.41, 5.74) is 0.217. The molecule has 0 radical (unpaired) electrons. The van der Waals surface area contributed by atoms with Crippen molar-refractivity contribution in [1.82, 2.24) is 10.2 Å². The van der Waals surface area contributed by atoms with E-state index >= 15 is 0 Å². The first-order valence-corrected chi connectivity index (χ1v) is 8.95. The van der Waals surface area contributed by atoms with E-state index in [1.165, 1.54) is 43.5 Å². The van der Waals surface area contributed by atoms with E-state index in [0.717, 1.165) is 17.0 Å². The quantitative estimate of drug-likeness (QED) is 0.645. The van der Waals surface area contributed by atoms with Crippen molar-refractivity contribution >= 4 is 40.6 Å².